The number of hydrogen-bond donors (Lipinski definition) is 1. The third-order valence-electron chi connectivity index (χ3n) is 4.95. The van der Waals surface area contributed by atoms with Crippen LogP contribution in [0, 0.1) is 0 Å². The summed E-state index contributed by atoms with van der Waals surface area (Å²) in [4.78, 5) is 13.1. The van der Waals surface area contributed by atoms with E-state index >= 15 is 0 Å². The number of fused-ring (bicyclic) bond motifs is 1. The highest BCUT2D eigenvalue weighted by molar-refractivity contribution is 5.92. The number of allylic oxidation sites excluding steroid dienone is 1. The average molecular weight is 417 g/mol. The van der Waals surface area contributed by atoms with Gasteiger partial charge in [0.05, 0.1) is 33.5 Å². The van der Waals surface area contributed by atoms with E-state index in [0.717, 1.165) is 19.3 Å². The van der Waals surface area contributed by atoms with Gasteiger partial charge >= 0.3 is 5.97 Å². The smallest absolute Gasteiger partial charge is 0.338 e. The monoisotopic (exact) mass is 417 g/mol. The first kappa shape index (κ1) is 21.4. The van der Waals surface area contributed by atoms with E-state index in [1.165, 1.54) is 4.68 Å². The second kappa shape index (κ2) is 9.47. The van der Waals surface area contributed by atoms with Gasteiger partial charge in [-0.2, -0.15) is 4.68 Å². The van der Waals surface area contributed by atoms with Crippen LogP contribution in [0.1, 0.15) is 44.7 Å². The molecule has 2 aromatic rings. The van der Waals surface area contributed by atoms with Crippen molar-refractivity contribution in [2.24, 2.45) is 0 Å². The SMILES string of the molecule is CCCCCOC(=O)C1=C(C)Nc2nnnn2[C@H]1c1cc(OC)c(OC)cc1OC. The van der Waals surface area contributed by atoms with Crippen molar-refractivity contribution in [3.8, 4) is 17.2 Å². The van der Waals surface area contributed by atoms with Crippen molar-refractivity contribution in [3.63, 3.8) is 0 Å². The lowest BCUT2D eigenvalue weighted by Crippen LogP contribution is -2.30. The van der Waals surface area contributed by atoms with E-state index in [4.69, 9.17) is 18.9 Å². The van der Waals surface area contributed by atoms with Gasteiger partial charge in [0.2, 0.25) is 5.95 Å². The molecule has 1 aliphatic heterocycles. The predicted molar refractivity (Wildman–Crippen MR) is 109 cm³/mol. The summed E-state index contributed by atoms with van der Waals surface area (Å²) in [5.74, 6) is 1.49. The summed E-state index contributed by atoms with van der Waals surface area (Å²) in [6.07, 6.45) is 2.84. The zero-order chi connectivity index (χ0) is 21.7. The van der Waals surface area contributed by atoms with Gasteiger partial charge in [-0.05, 0) is 29.8 Å². The molecule has 1 aliphatic rings. The summed E-state index contributed by atoms with van der Waals surface area (Å²) < 4.78 is 23.5. The van der Waals surface area contributed by atoms with Crippen LogP contribution in [-0.4, -0.2) is 54.1 Å². The van der Waals surface area contributed by atoms with Gasteiger partial charge in [0.15, 0.2) is 11.5 Å². The minimum Gasteiger partial charge on any atom is -0.496 e. The van der Waals surface area contributed by atoms with Crippen LogP contribution in [0.4, 0.5) is 5.95 Å². The first-order valence-electron chi connectivity index (χ1n) is 9.78. The molecule has 0 unspecified atom stereocenters. The minimum absolute atomic E-state index is 0.349. The molecule has 10 heteroatoms. The Bertz CT molecular complexity index is 940. The number of unbranched alkanes of at least 4 members (excludes halogenated alkanes) is 2. The molecule has 0 saturated heterocycles. The van der Waals surface area contributed by atoms with Crippen LogP contribution in [0.2, 0.25) is 0 Å². The molecule has 2 heterocycles. The van der Waals surface area contributed by atoms with Gasteiger partial charge in [-0.1, -0.05) is 24.9 Å². The Kier molecular flexibility index (Phi) is 6.76. The highest BCUT2D eigenvalue weighted by atomic mass is 16.5. The van der Waals surface area contributed by atoms with Crippen molar-refractivity contribution >= 4 is 11.9 Å². The molecule has 0 radical (unpaired) electrons. The maximum Gasteiger partial charge on any atom is 0.338 e. The first-order valence-corrected chi connectivity index (χ1v) is 9.78. The molecule has 1 N–H and O–H groups in total. The summed E-state index contributed by atoms with van der Waals surface area (Å²) in [6, 6.07) is 2.81. The molecule has 162 valence electrons. The Labute approximate surface area is 175 Å². The molecule has 1 aromatic heterocycles. The van der Waals surface area contributed by atoms with Crippen LogP contribution in [0.15, 0.2) is 23.4 Å². The lowest BCUT2D eigenvalue weighted by Gasteiger charge is -2.28. The Morgan fingerprint density at radius 2 is 1.80 bits per heavy atom. The number of benzene rings is 1. The van der Waals surface area contributed by atoms with Crippen LogP contribution in [0.3, 0.4) is 0 Å². The van der Waals surface area contributed by atoms with E-state index in [0.29, 0.717) is 46.6 Å². The quantitative estimate of drug-likeness (QED) is 0.486. The van der Waals surface area contributed by atoms with Gasteiger partial charge in [0.25, 0.3) is 0 Å². The summed E-state index contributed by atoms with van der Waals surface area (Å²) in [7, 11) is 4.64. The van der Waals surface area contributed by atoms with Crippen molar-refractivity contribution in [1.29, 1.82) is 0 Å². The number of hydrogen-bond acceptors (Lipinski definition) is 9. The van der Waals surface area contributed by atoms with E-state index in [1.807, 2.05) is 0 Å². The second-order valence-electron chi connectivity index (χ2n) is 6.81. The summed E-state index contributed by atoms with van der Waals surface area (Å²) >= 11 is 0. The van der Waals surface area contributed by atoms with Crippen LogP contribution >= 0.6 is 0 Å². The molecule has 0 amide bonds. The number of tetrazole rings is 1. The largest absolute Gasteiger partial charge is 0.496 e. The topological polar surface area (TPSA) is 110 Å². The van der Waals surface area contributed by atoms with E-state index in [2.05, 4.69) is 27.8 Å². The van der Waals surface area contributed by atoms with Gasteiger partial charge in [0, 0.05) is 17.3 Å². The number of nitrogens with one attached hydrogen (secondary N) is 1. The van der Waals surface area contributed by atoms with Crippen molar-refractivity contribution < 1.29 is 23.7 Å². The van der Waals surface area contributed by atoms with Crippen LogP contribution in [-0.2, 0) is 9.53 Å². The lowest BCUT2D eigenvalue weighted by molar-refractivity contribution is -0.139. The molecule has 0 spiro atoms. The zero-order valence-electron chi connectivity index (χ0n) is 17.9. The summed E-state index contributed by atoms with van der Waals surface area (Å²) in [6.45, 7) is 4.24. The number of methoxy groups -OCH3 is 3. The number of ether oxygens (including phenoxy) is 4. The molecular weight excluding hydrogens is 390 g/mol. The Morgan fingerprint density at radius 1 is 1.10 bits per heavy atom. The Morgan fingerprint density at radius 3 is 2.47 bits per heavy atom. The van der Waals surface area contributed by atoms with Crippen LogP contribution < -0.4 is 19.5 Å². The predicted octanol–water partition coefficient (Wildman–Crippen LogP) is 2.72. The molecule has 0 bridgehead atoms. The standard InChI is InChI=1S/C20H27N5O5/c1-6-7-8-9-30-19(26)17-12(2)21-20-22-23-24-25(20)18(17)13-10-15(28-4)16(29-5)11-14(13)27-3/h10-11,18H,6-9H2,1-5H3,(H,21,22,24)/t18-/m0/s1. The van der Waals surface area contributed by atoms with Crippen molar-refractivity contribution in [2.75, 3.05) is 33.3 Å². The maximum atomic E-state index is 13.1. The van der Waals surface area contributed by atoms with Crippen molar-refractivity contribution in [2.45, 2.75) is 39.2 Å². The second-order valence-corrected chi connectivity index (χ2v) is 6.81. The number of anilines is 1. The maximum absolute atomic E-state index is 13.1. The van der Waals surface area contributed by atoms with Gasteiger partial charge in [-0.25, -0.2) is 4.79 Å². The lowest BCUT2D eigenvalue weighted by atomic mass is 9.94. The fourth-order valence-electron chi connectivity index (χ4n) is 3.43. The molecular formula is C20H27N5O5. The minimum atomic E-state index is -0.662. The fraction of sp³-hybridized carbons (Fsp3) is 0.500. The Hall–Kier alpha value is -3.30. The summed E-state index contributed by atoms with van der Waals surface area (Å²) in [5, 5.41) is 14.9. The summed E-state index contributed by atoms with van der Waals surface area (Å²) in [5.41, 5.74) is 1.65. The Balaban J connectivity index is 2.09. The van der Waals surface area contributed by atoms with Crippen LogP contribution in [0.5, 0.6) is 17.2 Å². The highest BCUT2D eigenvalue weighted by Gasteiger charge is 2.37. The number of rotatable bonds is 9. The normalized spacial score (nSPS) is 15.3. The fourth-order valence-corrected chi connectivity index (χ4v) is 3.43. The van der Waals surface area contributed by atoms with Gasteiger partial charge in [0.1, 0.15) is 11.8 Å². The average Bonchev–Trinajstić information content (AvgIpc) is 3.22. The van der Waals surface area contributed by atoms with E-state index in [1.54, 1.807) is 40.4 Å². The van der Waals surface area contributed by atoms with Crippen molar-refractivity contribution in [1.82, 2.24) is 20.2 Å². The molecule has 1 atom stereocenters. The third kappa shape index (κ3) is 4.03. The van der Waals surface area contributed by atoms with Crippen molar-refractivity contribution in [3.05, 3.63) is 29.0 Å². The zero-order valence-corrected chi connectivity index (χ0v) is 17.9. The number of carbonyl (C=O) groups is 1. The number of carbonyl (C=O) groups excluding carboxylic acids is 1. The third-order valence-corrected chi connectivity index (χ3v) is 4.95. The van der Waals surface area contributed by atoms with Gasteiger partial charge in [-0.3, -0.25) is 0 Å². The molecule has 0 fully saturated rings. The highest BCUT2D eigenvalue weighted by Crippen LogP contribution is 2.43. The molecule has 0 saturated carbocycles. The van der Waals surface area contributed by atoms with Gasteiger partial charge in [-0.15, -0.1) is 0 Å². The molecule has 30 heavy (non-hydrogen) atoms. The molecule has 1 aromatic carbocycles. The first-order chi connectivity index (χ1) is 14.5. The number of nitrogens with zero attached hydrogens (tertiary/aromatic N) is 4. The van der Waals surface area contributed by atoms with E-state index in [-0.39, 0.29) is 0 Å². The molecule has 3 rings (SSSR count). The van der Waals surface area contributed by atoms with Gasteiger partial charge < -0.3 is 24.3 Å². The molecule has 10 nitrogen and oxygen atoms in total. The number of aromatic nitrogens is 4. The number of esters is 1. The van der Waals surface area contributed by atoms with Crippen LogP contribution in [0.25, 0.3) is 0 Å². The van der Waals surface area contributed by atoms with E-state index < -0.39 is 12.0 Å². The molecule has 0 aliphatic carbocycles. The van der Waals surface area contributed by atoms with E-state index in [9.17, 15) is 4.79 Å².